The third-order valence-electron chi connectivity index (χ3n) is 4.12. The number of alkyl halides is 3. The van der Waals surface area contributed by atoms with E-state index in [1.54, 1.807) is 24.3 Å². The van der Waals surface area contributed by atoms with Crippen LogP contribution in [0, 0.1) is 0 Å². The van der Waals surface area contributed by atoms with Crippen LogP contribution in [0.2, 0.25) is 0 Å². The summed E-state index contributed by atoms with van der Waals surface area (Å²) < 4.78 is 53.0. The van der Waals surface area contributed by atoms with Crippen LogP contribution in [0.1, 0.15) is 5.56 Å². The molecule has 1 aromatic heterocycles. The number of ether oxygens (including phenoxy) is 2. The predicted octanol–water partition coefficient (Wildman–Crippen LogP) is 5.33. The molecule has 0 bridgehead atoms. The quantitative estimate of drug-likeness (QED) is 0.453. The van der Waals surface area contributed by atoms with Gasteiger partial charge in [-0.15, -0.1) is 13.2 Å². The van der Waals surface area contributed by atoms with Crippen molar-refractivity contribution in [1.29, 1.82) is 0 Å². The first-order valence-corrected chi connectivity index (χ1v) is 8.58. The first-order chi connectivity index (χ1) is 13.9. The van der Waals surface area contributed by atoms with Crippen molar-refractivity contribution in [1.82, 2.24) is 4.57 Å². The van der Waals surface area contributed by atoms with Gasteiger partial charge < -0.3 is 13.9 Å². The van der Waals surface area contributed by atoms with Gasteiger partial charge in [-0.1, -0.05) is 30.3 Å². The van der Waals surface area contributed by atoms with E-state index in [1.165, 1.54) is 10.6 Å². The lowest BCUT2D eigenvalue weighted by molar-refractivity contribution is -0.274. The second-order valence-corrected chi connectivity index (χ2v) is 6.19. The van der Waals surface area contributed by atoms with Gasteiger partial charge in [-0.3, -0.25) is 4.57 Å². The van der Waals surface area contributed by atoms with Crippen LogP contribution in [-0.2, 0) is 6.54 Å². The van der Waals surface area contributed by atoms with Gasteiger partial charge in [0.1, 0.15) is 17.2 Å². The van der Waals surface area contributed by atoms with Crippen LogP contribution in [0.5, 0.6) is 17.2 Å². The molecule has 8 heteroatoms. The zero-order valence-corrected chi connectivity index (χ0v) is 14.8. The van der Waals surface area contributed by atoms with E-state index in [-0.39, 0.29) is 12.1 Å². The average molecular weight is 401 g/mol. The Morgan fingerprint density at radius 2 is 1.52 bits per heavy atom. The Hall–Kier alpha value is -3.68. The summed E-state index contributed by atoms with van der Waals surface area (Å²) in [6.45, 7) is 0.191. The van der Waals surface area contributed by atoms with E-state index in [9.17, 15) is 18.0 Å². The molecular weight excluding hydrogens is 387 g/mol. The van der Waals surface area contributed by atoms with Gasteiger partial charge in [0.2, 0.25) is 0 Å². The molecule has 0 fully saturated rings. The molecule has 0 spiro atoms. The van der Waals surface area contributed by atoms with Crippen LogP contribution in [0.15, 0.2) is 82.0 Å². The zero-order chi connectivity index (χ0) is 20.4. The summed E-state index contributed by atoms with van der Waals surface area (Å²) in [7, 11) is 0. The monoisotopic (exact) mass is 401 g/mol. The Morgan fingerprint density at radius 3 is 2.21 bits per heavy atom. The highest BCUT2D eigenvalue weighted by Crippen LogP contribution is 2.27. The molecule has 148 valence electrons. The van der Waals surface area contributed by atoms with Crippen molar-refractivity contribution in [2.45, 2.75) is 12.9 Å². The molecule has 29 heavy (non-hydrogen) atoms. The van der Waals surface area contributed by atoms with Crippen molar-refractivity contribution >= 4 is 11.1 Å². The topological polar surface area (TPSA) is 53.6 Å². The van der Waals surface area contributed by atoms with E-state index in [4.69, 9.17) is 9.15 Å². The molecule has 0 aliphatic carbocycles. The maximum atomic E-state index is 12.4. The minimum atomic E-state index is -4.82. The maximum absolute atomic E-state index is 12.4. The van der Waals surface area contributed by atoms with Crippen LogP contribution >= 0.6 is 0 Å². The number of nitrogens with zero attached hydrogens (tertiary/aromatic N) is 1. The first-order valence-electron chi connectivity index (χ1n) is 8.58. The molecule has 4 rings (SSSR count). The lowest BCUT2D eigenvalue weighted by Crippen LogP contribution is -2.17. The van der Waals surface area contributed by atoms with Crippen molar-refractivity contribution in [2.75, 3.05) is 0 Å². The van der Waals surface area contributed by atoms with Crippen molar-refractivity contribution in [3.05, 3.63) is 88.9 Å². The molecule has 0 N–H and O–H groups in total. The summed E-state index contributed by atoms with van der Waals surface area (Å²) in [5.41, 5.74) is 1.18. The fraction of sp³-hybridized carbons (Fsp3) is 0.0952. The lowest BCUT2D eigenvalue weighted by atomic mass is 10.2. The number of fused-ring (bicyclic) bond motifs is 1. The van der Waals surface area contributed by atoms with E-state index in [0.29, 0.717) is 17.0 Å². The number of halogens is 3. The standard InChI is InChI=1S/C21H14F3NO4/c22-21(23,24)29-17-10-11-18-19(12-17)28-20(26)25(18)13-14-6-8-16(9-7-14)27-15-4-2-1-3-5-15/h1-12H,13H2. The number of hydrogen-bond donors (Lipinski definition) is 0. The van der Waals surface area contributed by atoms with Gasteiger partial charge in [-0.25, -0.2) is 4.79 Å². The predicted molar refractivity (Wildman–Crippen MR) is 99.2 cm³/mol. The fourth-order valence-electron chi connectivity index (χ4n) is 2.86. The van der Waals surface area contributed by atoms with E-state index < -0.39 is 17.9 Å². The van der Waals surface area contributed by atoms with Crippen LogP contribution in [-0.4, -0.2) is 10.9 Å². The molecule has 5 nitrogen and oxygen atoms in total. The summed E-state index contributed by atoms with van der Waals surface area (Å²) >= 11 is 0. The lowest BCUT2D eigenvalue weighted by Gasteiger charge is -2.09. The molecule has 0 saturated carbocycles. The number of rotatable bonds is 5. The SMILES string of the molecule is O=c1oc2cc(OC(F)(F)F)ccc2n1Cc1ccc(Oc2ccccc2)cc1. The molecule has 4 aromatic rings. The van der Waals surface area contributed by atoms with Crippen molar-refractivity contribution in [3.8, 4) is 17.2 Å². The Bertz CT molecular complexity index is 1180. The van der Waals surface area contributed by atoms with Gasteiger partial charge in [-0.2, -0.15) is 0 Å². The number of benzene rings is 3. The first kappa shape index (κ1) is 18.7. The normalized spacial score (nSPS) is 11.6. The average Bonchev–Trinajstić information content (AvgIpc) is 2.97. The van der Waals surface area contributed by atoms with Crippen LogP contribution in [0.25, 0.3) is 11.1 Å². The smallest absolute Gasteiger partial charge is 0.457 e. The minimum absolute atomic E-state index is 0.0146. The molecule has 1 heterocycles. The third-order valence-corrected chi connectivity index (χ3v) is 4.12. The van der Waals surface area contributed by atoms with Crippen LogP contribution < -0.4 is 15.2 Å². The van der Waals surface area contributed by atoms with Crippen LogP contribution in [0.4, 0.5) is 13.2 Å². The highest BCUT2D eigenvalue weighted by atomic mass is 19.4. The molecule has 0 unspecified atom stereocenters. The van der Waals surface area contributed by atoms with E-state index in [2.05, 4.69) is 4.74 Å². The summed E-state index contributed by atoms with van der Waals surface area (Å²) in [5.74, 6) is 0.217. The van der Waals surface area contributed by atoms with Gasteiger partial charge in [0.15, 0.2) is 5.58 Å². The van der Waals surface area contributed by atoms with Crippen LogP contribution in [0.3, 0.4) is 0 Å². The van der Waals surface area contributed by atoms with Gasteiger partial charge in [-0.05, 0) is 42.0 Å². The molecule has 0 saturated heterocycles. The number of para-hydroxylation sites is 1. The second kappa shape index (κ2) is 7.38. The maximum Gasteiger partial charge on any atom is 0.573 e. The molecule has 0 atom stereocenters. The fourth-order valence-corrected chi connectivity index (χ4v) is 2.86. The highest BCUT2D eigenvalue weighted by molar-refractivity contribution is 5.74. The van der Waals surface area contributed by atoms with Gasteiger partial charge in [0.25, 0.3) is 0 Å². The molecule has 0 aliphatic rings. The van der Waals surface area contributed by atoms with Crippen molar-refractivity contribution in [2.24, 2.45) is 0 Å². The molecule has 0 radical (unpaired) electrons. The van der Waals surface area contributed by atoms with Gasteiger partial charge >= 0.3 is 12.1 Å². The summed E-state index contributed by atoms with van der Waals surface area (Å²) in [6, 6.07) is 20.0. The largest absolute Gasteiger partial charge is 0.573 e. The summed E-state index contributed by atoms with van der Waals surface area (Å²) in [5, 5.41) is 0. The van der Waals surface area contributed by atoms with E-state index >= 15 is 0 Å². The Kier molecular flexibility index (Phi) is 4.75. The zero-order valence-electron chi connectivity index (χ0n) is 14.8. The van der Waals surface area contributed by atoms with Crippen molar-refractivity contribution < 1.29 is 27.1 Å². The Balaban J connectivity index is 1.54. The number of aromatic nitrogens is 1. The number of oxazole rings is 1. The molecular formula is C21H14F3NO4. The third kappa shape index (κ3) is 4.43. The highest BCUT2D eigenvalue weighted by Gasteiger charge is 2.31. The molecule has 0 amide bonds. The van der Waals surface area contributed by atoms with Gasteiger partial charge in [0.05, 0.1) is 12.1 Å². The number of hydrogen-bond acceptors (Lipinski definition) is 4. The van der Waals surface area contributed by atoms with Gasteiger partial charge in [0, 0.05) is 6.07 Å². The van der Waals surface area contributed by atoms with Crippen molar-refractivity contribution in [3.63, 3.8) is 0 Å². The Morgan fingerprint density at radius 1 is 0.862 bits per heavy atom. The summed E-state index contributed by atoms with van der Waals surface area (Å²) in [6.07, 6.45) is -4.82. The Labute approximate surface area is 162 Å². The van der Waals surface area contributed by atoms with E-state index in [1.807, 2.05) is 30.3 Å². The minimum Gasteiger partial charge on any atom is -0.457 e. The summed E-state index contributed by atoms with van der Waals surface area (Å²) in [4.78, 5) is 12.2. The molecule has 0 aliphatic heterocycles. The van der Waals surface area contributed by atoms with E-state index in [0.717, 1.165) is 17.7 Å². The molecule has 3 aromatic carbocycles. The second-order valence-electron chi connectivity index (χ2n) is 6.19.